The molecule has 1 heterocycles. The first-order valence-electron chi connectivity index (χ1n) is 11.4. The van der Waals surface area contributed by atoms with Crippen molar-refractivity contribution in [1.82, 2.24) is 25.4 Å². The number of methoxy groups -OCH3 is 1. The Bertz CT molecular complexity index is 849. The van der Waals surface area contributed by atoms with Gasteiger partial charge in [-0.25, -0.2) is 4.99 Å². The highest BCUT2D eigenvalue weighted by Gasteiger charge is 2.34. The molecule has 7 nitrogen and oxygen atoms in total. The molecule has 2 N–H and O–H groups in total. The van der Waals surface area contributed by atoms with Crippen LogP contribution in [0, 0.1) is 18.3 Å². The monoisotopic (exact) mass is 426 g/mol. The van der Waals surface area contributed by atoms with Crippen molar-refractivity contribution >= 4 is 5.96 Å². The Hall–Kier alpha value is -2.57. The Morgan fingerprint density at radius 3 is 2.45 bits per heavy atom. The van der Waals surface area contributed by atoms with Crippen LogP contribution in [0.1, 0.15) is 63.2 Å². The van der Waals surface area contributed by atoms with E-state index in [4.69, 9.17) is 9.73 Å². The Balaban J connectivity index is 1.69. The molecule has 170 valence electrons. The minimum atomic E-state index is 0.373. The highest BCUT2D eigenvalue weighted by molar-refractivity contribution is 5.79. The molecule has 1 saturated carbocycles. The van der Waals surface area contributed by atoms with Gasteiger partial charge < -0.3 is 19.9 Å². The van der Waals surface area contributed by atoms with E-state index in [2.05, 4.69) is 46.8 Å². The number of ether oxygens (including phenoxy) is 1. The topological polar surface area (TPSA) is 76.4 Å². The molecule has 0 spiro atoms. The van der Waals surface area contributed by atoms with E-state index in [0.717, 1.165) is 35.5 Å². The summed E-state index contributed by atoms with van der Waals surface area (Å²) in [6.45, 7) is 8.76. The summed E-state index contributed by atoms with van der Waals surface area (Å²) >= 11 is 0. The molecule has 3 rings (SSSR count). The van der Waals surface area contributed by atoms with Crippen LogP contribution in [-0.4, -0.2) is 34.4 Å². The fourth-order valence-electron chi connectivity index (χ4n) is 4.56. The number of nitrogens with zero attached hydrogens (tertiary/aromatic N) is 4. The lowest BCUT2D eigenvalue weighted by Crippen LogP contribution is -2.43. The fourth-order valence-corrected chi connectivity index (χ4v) is 4.56. The third-order valence-corrected chi connectivity index (χ3v) is 6.31. The number of nitrogens with one attached hydrogen (secondary N) is 2. The smallest absolute Gasteiger partial charge is 0.191 e. The maximum Gasteiger partial charge on any atom is 0.191 e. The standard InChI is InChI=1S/C24H38N6O/c1-18(2)14-24(12-6-7-13-24)17-27-23(26-16-22-29-28-19(3)30(22)4)25-15-20-8-10-21(31-5)11-9-20/h8-11,18H,6-7,12-17H2,1-5H3,(H2,25,26,27). The van der Waals surface area contributed by atoms with Gasteiger partial charge in [-0.05, 0) is 55.2 Å². The molecular weight excluding hydrogens is 388 g/mol. The van der Waals surface area contributed by atoms with Gasteiger partial charge in [-0.1, -0.05) is 38.8 Å². The Morgan fingerprint density at radius 1 is 1.16 bits per heavy atom. The molecule has 2 aromatic rings. The van der Waals surface area contributed by atoms with Crippen LogP contribution >= 0.6 is 0 Å². The van der Waals surface area contributed by atoms with Crippen LogP contribution in [-0.2, 0) is 20.1 Å². The third kappa shape index (κ3) is 6.45. The molecule has 0 saturated heterocycles. The molecule has 0 bridgehead atoms. The van der Waals surface area contributed by atoms with Gasteiger partial charge in [-0.2, -0.15) is 0 Å². The predicted octanol–water partition coefficient (Wildman–Crippen LogP) is 3.97. The van der Waals surface area contributed by atoms with Crippen LogP contribution < -0.4 is 15.4 Å². The minimum Gasteiger partial charge on any atom is -0.497 e. The van der Waals surface area contributed by atoms with Gasteiger partial charge in [-0.3, -0.25) is 0 Å². The van der Waals surface area contributed by atoms with E-state index in [1.54, 1.807) is 7.11 Å². The predicted molar refractivity (Wildman–Crippen MR) is 125 cm³/mol. The van der Waals surface area contributed by atoms with Crippen molar-refractivity contribution < 1.29 is 4.74 Å². The zero-order valence-corrected chi connectivity index (χ0v) is 19.7. The maximum absolute atomic E-state index is 5.26. The van der Waals surface area contributed by atoms with Gasteiger partial charge in [0, 0.05) is 13.6 Å². The molecule has 0 radical (unpaired) electrons. The molecular formula is C24H38N6O. The summed E-state index contributed by atoms with van der Waals surface area (Å²) in [6.07, 6.45) is 6.52. The molecule has 1 aliphatic rings. The van der Waals surface area contributed by atoms with E-state index in [0.29, 0.717) is 24.4 Å². The quantitative estimate of drug-likeness (QED) is 0.469. The van der Waals surface area contributed by atoms with E-state index in [-0.39, 0.29) is 0 Å². The van der Waals surface area contributed by atoms with Crippen molar-refractivity contribution in [2.24, 2.45) is 23.4 Å². The molecule has 1 fully saturated rings. The number of rotatable bonds is 9. The Morgan fingerprint density at radius 2 is 1.87 bits per heavy atom. The van der Waals surface area contributed by atoms with Crippen molar-refractivity contribution in [3.05, 3.63) is 41.5 Å². The van der Waals surface area contributed by atoms with E-state index in [1.807, 2.05) is 30.7 Å². The molecule has 1 aromatic heterocycles. The average Bonchev–Trinajstić information content (AvgIpc) is 3.34. The lowest BCUT2D eigenvalue weighted by molar-refractivity contribution is 0.234. The van der Waals surface area contributed by atoms with Crippen molar-refractivity contribution in [3.63, 3.8) is 0 Å². The summed E-state index contributed by atoms with van der Waals surface area (Å²) in [7, 11) is 3.67. The number of aromatic nitrogens is 3. The van der Waals surface area contributed by atoms with E-state index >= 15 is 0 Å². The molecule has 31 heavy (non-hydrogen) atoms. The minimum absolute atomic E-state index is 0.373. The van der Waals surface area contributed by atoms with Crippen LogP contribution in [0.15, 0.2) is 29.3 Å². The molecule has 1 aliphatic carbocycles. The molecule has 0 amide bonds. The summed E-state index contributed by atoms with van der Waals surface area (Å²) in [4.78, 5) is 4.87. The number of aliphatic imine (C=N–C) groups is 1. The van der Waals surface area contributed by atoms with Crippen LogP contribution in [0.4, 0.5) is 0 Å². The number of benzene rings is 1. The molecule has 1 aromatic carbocycles. The van der Waals surface area contributed by atoms with Crippen molar-refractivity contribution in [2.75, 3.05) is 13.7 Å². The first kappa shape index (κ1) is 23.1. The second-order valence-corrected chi connectivity index (χ2v) is 9.25. The van der Waals surface area contributed by atoms with Gasteiger partial charge in [0.2, 0.25) is 0 Å². The summed E-state index contributed by atoms with van der Waals surface area (Å²) < 4.78 is 7.26. The summed E-state index contributed by atoms with van der Waals surface area (Å²) in [6, 6.07) is 8.07. The van der Waals surface area contributed by atoms with Gasteiger partial charge in [0.05, 0.1) is 20.2 Å². The van der Waals surface area contributed by atoms with Gasteiger partial charge in [-0.15, -0.1) is 10.2 Å². The molecule has 0 atom stereocenters. The summed E-state index contributed by atoms with van der Waals surface area (Å²) in [5.41, 5.74) is 1.52. The fraction of sp³-hybridized carbons (Fsp3) is 0.625. The first-order valence-corrected chi connectivity index (χ1v) is 11.4. The first-order chi connectivity index (χ1) is 14.9. The number of hydrogen-bond acceptors (Lipinski definition) is 4. The molecule has 7 heteroatoms. The van der Waals surface area contributed by atoms with Crippen molar-refractivity contribution in [1.29, 1.82) is 0 Å². The second-order valence-electron chi connectivity index (χ2n) is 9.25. The van der Waals surface area contributed by atoms with Crippen LogP contribution in [0.25, 0.3) is 0 Å². The lowest BCUT2D eigenvalue weighted by Gasteiger charge is -2.32. The average molecular weight is 427 g/mol. The summed E-state index contributed by atoms with van der Waals surface area (Å²) in [5.74, 6) is 4.19. The van der Waals surface area contributed by atoms with E-state index < -0.39 is 0 Å². The second kappa shape index (κ2) is 10.6. The SMILES string of the molecule is COc1ccc(CN=C(NCc2nnc(C)n2C)NCC2(CC(C)C)CCCC2)cc1. The number of hydrogen-bond donors (Lipinski definition) is 2. The maximum atomic E-state index is 5.26. The molecule has 0 unspecified atom stereocenters. The van der Waals surface area contributed by atoms with Crippen LogP contribution in [0.2, 0.25) is 0 Å². The van der Waals surface area contributed by atoms with Gasteiger partial charge in [0.15, 0.2) is 11.8 Å². The Kier molecular flexibility index (Phi) is 7.93. The van der Waals surface area contributed by atoms with Crippen molar-refractivity contribution in [2.45, 2.75) is 66.0 Å². The van der Waals surface area contributed by atoms with Crippen LogP contribution in [0.3, 0.4) is 0 Å². The highest BCUT2D eigenvalue weighted by atomic mass is 16.5. The van der Waals surface area contributed by atoms with Gasteiger partial charge in [0.1, 0.15) is 11.6 Å². The van der Waals surface area contributed by atoms with Gasteiger partial charge in [0.25, 0.3) is 0 Å². The molecule has 0 aliphatic heterocycles. The lowest BCUT2D eigenvalue weighted by atomic mass is 9.78. The largest absolute Gasteiger partial charge is 0.497 e. The van der Waals surface area contributed by atoms with E-state index in [9.17, 15) is 0 Å². The highest BCUT2D eigenvalue weighted by Crippen LogP contribution is 2.42. The van der Waals surface area contributed by atoms with Crippen LogP contribution in [0.5, 0.6) is 5.75 Å². The van der Waals surface area contributed by atoms with Gasteiger partial charge >= 0.3 is 0 Å². The van der Waals surface area contributed by atoms with Crippen molar-refractivity contribution in [3.8, 4) is 5.75 Å². The zero-order valence-electron chi connectivity index (χ0n) is 19.7. The third-order valence-electron chi connectivity index (χ3n) is 6.31. The number of aryl methyl sites for hydroxylation is 1. The number of guanidine groups is 1. The Labute approximate surface area is 186 Å². The normalized spacial score (nSPS) is 16.0. The zero-order chi connectivity index (χ0) is 22.3. The van der Waals surface area contributed by atoms with E-state index in [1.165, 1.54) is 32.1 Å². The summed E-state index contributed by atoms with van der Waals surface area (Å²) in [5, 5.41) is 15.5.